The first-order chi connectivity index (χ1) is 10.6. The summed E-state index contributed by atoms with van der Waals surface area (Å²) < 4.78 is 6.24. The van der Waals surface area contributed by atoms with Gasteiger partial charge in [0.2, 0.25) is 0 Å². The van der Waals surface area contributed by atoms with E-state index < -0.39 is 0 Å². The van der Waals surface area contributed by atoms with Gasteiger partial charge >= 0.3 is 0 Å². The number of halogens is 1. The Morgan fingerprint density at radius 1 is 1.23 bits per heavy atom. The van der Waals surface area contributed by atoms with Crippen LogP contribution in [0.4, 0.5) is 5.69 Å². The zero-order valence-electron chi connectivity index (χ0n) is 12.2. The lowest BCUT2D eigenvalue weighted by molar-refractivity contribution is 0.102. The van der Waals surface area contributed by atoms with Gasteiger partial charge in [-0.3, -0.25) is 4.79 Å². The zero-order chi connectivity index (χ0) is 15.7. The van der Waals surface area contributed by atoms with Gasteiger partial charge in [-0.25, -0.2) is 0 Å². The third-order valence-corrected chi connectivity index (χ3v) is 4.10. The van der Waals surface area contributed by atoms with Gasteiger partial charge in [0.25, 0.3) is 5.91 Å². The lowest BCUT2D eigenvalue weighted by Crippen LogP contribution is -2.14. The second-order valence-electron chi connectivity index (χ2n) is 4.97. The third kappa shape index (κ3) is 2.60. The average molecular weight is 359 g/mol. The molecular formula is C17H15BrN2O2. The number of carbonyl (C=O) groups excluding carboxylic acids is 1. The Labute approximate surface area is 136 Å². The highest BCUT2D eigenvalue weighted by Crippen LogP contribution is 2.27. The summed E-state index contributed by atoms with van der Waals surface area (Å²) in [4.78, 5) is 15.7. The van der Waals surface area contributed by atoms with E-state index in [4.69, 9.17) is 4.74 Å². The van der Waals surface area contributed by atoms with E-state index in [1.807, 2.05) is 49.4 Å². The number of aryl methyl sites for hydroxylation is 1. The predicted octanol–water partition coefficient (Wildman–Crippen LogP) is 4.50. The molecule has 0 saturated carbocycles. The van der Waals surface area contributed by atoms with E-state index in [0.29, 0.717) is 17.1 Å². The highest BCUT2D eigenvalue weighted by molar-refractivity contribution is 9.10. The number of nitrogens with one attached hydrogen (secondary N) is 2. The lowest BCUT2D eigenvalue weighted by atomic mass is 10.1. The number of anilines is 1. The van der Waals surface area contributed by atoms with Crippen LogP contribution in [0.3, 0.4) is 0 Å². The molecule has 0 saturated heterocycles. The number of hydrogen-bond donors (Lipinski definition) is 2. The Bertz CT molecular complexity index is 855. The molecule has 0 aliphatic heterocycles. The number of benzene rings is 2. The van der Waals surface area contributed by atoms with E-state index >= 15 is 0 Å². The summed E-state index contributed by atoms with van der Waals surface area (Å²) in [5.41, 5.74) is 3.06. The fraction of sp³-hybridized carbons (Fsp3) is 0.118. The number of amides is 1. The molecule has 0 fully saturated rings. The molecule has 22 heavy (non-hydrogen) atoms. The normalized spacial score (nSPS) is 10.7. The van der Waals surface area contributed by atoms with Crippen molar-refractivity contribution in [2.75, 3.05) is 12.4 Å². The SMILES string of the molecule is COc1ccccc1NC(=O)c1[nH]c2ccc(Br)cc2c1C. The van der Waals surface area contributed by atoms with Crippen molar-refractivity contribution < 1.29 is 9.53 Å². The number of methoxy groups -OCH3 is 1. The fourth-order valence-electron chi connectivity index (χ4n) is 2.46. The smallest absolute Gasteiger partial charge is 0.272 e. The van der Waals surface area contributed by atoms with E-state index in [2.05, 4.69) is 26.2 Å². The van der Waals surface area contributed by atoms with E-state index in [-0.39, 0.29) is 5.91 Å². The minimum Gasteiger partial charge on any atom is -0.495 e. The Morgan fingerprint density at radius 2 is 2.00 bits per heavy atom. The number of carbonyl (C=O) groups is 1. The minimum absolute atomic E-state index is 0.186. The topological polar surface area (TPSA) is 54.1 Å². The average Bonchev–Trinajstić information content (AvgIpc) is 2.85. The van der Waals surface area contributed by atoms with Crippen molar-refractivity contribution in [3.63, 3.8) is 0 Å². The van der Waals surface area contributed by atoms with Crippen LogP contribution in [0.5, 0.6) is 5.75 Å². The number of rotatable bonds is 3. The number of hydrogen-bond acceptors (Lipinski definition) is 2. The highest BCUT2D eigenvalue weighted by Gasteiger charge is 2.16. The molecule has 3 rings (SSSR count). The molecule has 112 valence electrons. The molecule has 0 spiro atoms. The van der Waals surface area contributed by atoms with Crippen molar-refractivity contribution in [3.05, 3.63) is 58.2 Å². The van der Waals surface area contributed by atoms with Crippen molar-refractivity contribution in [1.82, 2.24) is 4.98 Å². The molecule has 0 radical (unpaired) electrons. The van der Waals surface area contributed by atoms with Crippen LogP contribution in [0, 0.1) is 6.92 Å². The van der Waals surface area contributed by atoms with Gasteiger partial charge in [-0.15, -0.1) is 0 Å². The van der Waals surface area contributed by atoms with Crippen LogP contribution in [-0.4, -0.2) is 18.0 Å². The van der Waals surface area contributed by atoms with E-state index in [1.165, 1.54) is 0 Å². The second kappa shape index (κ2) is 5.85. The summed E-state index contributed by atoms with van der Waals surface area (Å²) in [6, 6.07) is 13.2. The molecule has 0 atom stereocenters. The molecule has 5 heteroatoms. The molecule has 3 aromatic rings. The Hall–Kier alpha value is -2.27. The molecule has 1 amide bonds. The first-order valence-corrected chi connectivity index (χ1v) is 7.61. The fourth-order valence-corrected chi connectivity index (χ4v) is 2.82. The zero-order valence-corrected chi connectivity index (χ0v) is 13.8. The van der Waals surface area contributed by atoms with Crippen LogP contribution in [0.25, 0.3) is 10.9 Å². The van der Waals surface area contributed by atoms with Gasteiger partial charge in [0.05, 0.1) is 12.8 Å². The van der Waals surface area contributed by atoms with Gasteiger partial charge in [-0.05, 0) is 42.8 Å². The molecular weight excluding hydrogens is 344 g/mol. The maximum absolute atomic E-state index is 12.5. The Kier molecular flexibility index (Phi) is 3.90. The van der Waals surface area contributed by atoms with Gasteiger partial charge in [0, 0.05) is 15.4 Å². The molecule has 0 aliphatic rings. The number of fused-ring (bicyclic) bond motifs is 1. The quantitative estimate of drug-likeness (QED) is 0.724. The number of aromatic amines is 1. The van der Waals surface area contributed by atoms with Crippen LogP contribution < -0.4 is 10.1 Å². The molecule has 4 nitrogen and oxygen atoms in total. The number of aromatic nitrogens is 1. The molecule has 0 bridgehead atoms. The second-order valence-corrected chi connectivity index (χ2v) is 5.88. The Morgan fingerprint density at radius 3 is 2.77 bits per heavy atom. The molecule has 0 aliphatic carbocycles. The molecule has 2 N–H and O–H groups in total. The molecule has 1 aromatic heterocycles. The first-order valence-electron chi connectivity index (χ1n) is 6.82. The van der Waals surface area contributed by atoms with E-state index in [1.54, 1.807) is 7.11 Å². The third-order valence-electron chi connectivity index (χ3n) is 3.60. The Balaban J connectivity index is 1.97. The van der Waals surface area contributed by atoms with Gasteiger partial charge < -0.3 is 15.0 Å². The molecule has 2 aromatic carbocycles. The van der Waals surface area contributed by atoms with Gasteiger partial charge in [-0.1, -0.05) is 28.1 Å². The monoisotopic (exact) mass is 358 g/mol. The minimum atomic E-state index is -0.186. The summed E-state index contributed by atoms with van der Waals surface area (Å²) in [6.45, 7) is 1.93. The standard InChI is InChI=1S/C17H15BrN2O2/c1-10-12-9-11(18)7-8-13(12)19-16(10)17(21)20-14-5-3-4-6-15(14)22-2/h3-9,19H,1-2H3,(H,20,21). The highest BCUT2D eigenvalue weighted by atomic mass is 79.9. The van der Waals surface area contributed by atoms with Gasteiger partial charge in [0.1, 0.15) is 11.4 Å². The summed E-state index contributed by atoms with van der Waals surface area (Å²) in [5, 5.41) is 3.91. The summed E-state index contributed by atoms with van der Waals surface area (Å²) in [7, 11) is 1.58. The van der Waals surface area contributed by atoms with Gasteiger partial charge in [-0.2, -0.15) is 0 Å². The van der Waals surface area contributed by atoms with Crippen LogP contribution >= 0.6 is 15.9 Å². The number of H-pyrrole nitrogens is 1. The van der Waals surface area contributed by atoms with Crippen LogP contribution in [0.15, 0.2) is 46.9 Å². The van der Waals surface area contributed by atoms with Crippen molar-refractivity contribution in [2.45, 2.75) is 6.92 Å². The molecule has 1 heterocycles. The van der Waals surface area contributed by atoms with Gasteiger partial charge in [0.15, 0.2) is 0 Å². The maximum atomic E-state index is 12.5. The number of ether oxygens (including phenoxy) is 1. The summed E-state index contributed by atoms with van der Waals surface area (Å²) in [6.07, 6.45) is 0. The predicted molar refractivity (Wildman–Crippen MR) is 91.7 cm³/mol. The van der Waals surface area contributed by atoms with E-state index in [0.717, 1.165) is 20.9 Å². The first kappa shape index (κ1) is 14.7. The summed E-state index contributed by atoms with van der Waals surface area (Å²) in [5.74, 6) is 0.446. The van der Waals surface area contributed by atoms with E-state index in [9.17, 15) is 4.79 Å². The molecule has 0 unspecified atom stereocenters. The lowest BCUT2D eigenvalue weighted by Gasteiger charge is -2.09. The maximum Gasteiger partial charge on any atom is 0.272 e. The van der Waals surface area contributed by atoms with Crippen LogP contribution in [0.2, 0.25) is 0 Å². The van der Waals surface area contributed by atoms with Crippen LogP contribution in [-0.2, 0) is 0 Å². The van der Waals surface area contributed by atoms with Crippen molar-refractivity contribution in [1.29, 1.82) is 0 Å². The summed E-state index contributed by atoms with van der Waals surface area (Å²) >= 11 is 3.45. The number of para-hydroxylation sites is 2. The van der Waals surface area contributed by atoms with Crippen molar-refractivity contribution in [2.24, 2.45) is 0 Å². The van der Waals surface area contributed by atoms with Crippen molar-refractivity contribution in [3.8, 4) is 5.75 Å². The largest absolute Gasteiger partial charge is 0.495 e. The van der Waals surface area contributed by atoms with Crippen LogP contribution in [0.1, 0.15) is 16.1 Å². The van der Waals surface area contributed by atoms with Crippen molar-refractivity contribution >= 4 is 38.4 Å².